The van der Waals surface area contributed by atoms with Crippen molar-refractivity contribution in [2.45, 2.75) is 51.3 Å². The normalized spacial score (nSPS) is 25.1. The maximum absolute atomic E-state index is 12.4. The SMILES string of the molecule is CC(C)(C)OC(=O)N1C2CCC1CN(c1ncccn1)C2. The van der Waals surface area contributed by atoms with Gasteiger partial charge in [-0.1, -0.05) is 0 Å². The minimum atomic E-state index is -0.448. The quantitative estimate of drug-likeness (QED) is 0.792. The second kappa shape index (κ2) is 5.16. The molecule has 6 nitrogen and oxygen atoms in total. The third-order valence-electron chi connectivity index (χ3n) is 3.92. The average molecular weight is 290 g/mol. The van der Waals surface area contributed by atoms with Crippen LogP contribution in [0.3, 0.4) is 0 Å². The second-order valence-electron chi connectivity index (χ2n) is 6.73. The van der Waals surface area contributed by atoms with Crippen LogP contribution in [0.25, 0.3) is 0 Å². The number of hydrogen-bond donors (Lipinski definition) is 0. The number of anilines is 1. The van der Waals surface area contributed by atoms with Crippen LogP contribution < -0.4 is 4.90 Å². The highest BCUT2D eigenvalue weighted by atomic mass is 16.6. The first-order valence-electron chi connectivity index (χ1n) is 7.47. The Kier molecular flexibility index (Phi) is 3.47. The van der Waals surface area contributed by atoms with Crippen LogP contribution >= 0.6 is 0 Å². The van der Waals surface area contributed by atoms with Crippen molar-refractivity contribution in [3.05, 3.63) is 18.5 Å². The van der Waals surface area contributed by atoms with Gasteiger partial charge >= 0.3 is 6.09 Å². The van der Waals surface area contributed by atoms with E-state index < -0.39 is 5.60 Å². The topological polar surface area (TPSA) is 58.6 Å². The molecule has 0 aliphatic carbocycles. The summed E-state index contributed by atoms with van der Waals surface area (Å²) in [5.74, 6) is 0.748. The molecule has 1 amide bonds. The first kappa shape index (κ1) is 14.1. The molecule has 0 aromatic carbocycles. The zero-order valence-electron chi connectivity index (χ0n) is 12.8. The third kappa shape index (κ3) is 2.94. The van der Waals surface area contributed by atoms with Crippen molar-refractivity contribution in [1.29, 1.82) is 0 Å². The molecule has 114 valence electrons. The third-order valence-corrected chi connectivity index (χ3v) is 3.92. The predicted molar refractivity (Wildman–Crippen MR) is 79.1 cm³/mol. The lowest BCUT2D eigenvalue weighted by Gasteiger charge is -2.41. The van der Waals surface area contributed by atoms with E-state index >= 15 is 0 Å². The van der Waals surface area contributed by atoms with Crippen molar-refractivity contribution in [2.24, 2.45) is 0 Å². The molecular formula is C15H22N4O2. The molecule has 0 spiro atoms. The molecule has 0 radical (unpaired) electrons. The summed E-state index contributed by atoms with van der Waals surface area (Å²) in [6.07, 6.45) is 5.36. The number of ether oxygens (including phenoxy) is 1. The van der Waals surface area contributed by atoms with E-state index in [9.17, 15) is 4.79 Å². The number of hydrogen-bond acceptors (Lipinski definition) is 5. The molecule has 1 aromatic rings. The van der Waals surface area contributed by atoms with Gasteiger partial charge < -0.3 is 9.64 Å². The number of rotatable bonds is 1. The predicted octanol–water partition coefficient (Wildman–Crippen LogP) is 2.06. The van der Waals surface area contributed by atoms with E-state index in [1.54, 1.807) is 12.4 Å². The van der Waals surface area contributed by atoms with Crippen molar-refractivity contribution in [3.8, 4) is 0 Å². The molecule has 3 rings (SSSR count). The van der Waals surface area contributed by atoms with Gasteiger partial charge in [-0.05, 0) is 39.7 Å². The van der Waals surface area contributed by atoms with Crippen LogP contribution in [-0.4, -0.2) is 51.7 Å². The largest absolute Gasteiger partial charge is 0.444 e. The van der Waals surface area contributed by atoms with E-state index in [1.165, 1.54) is 0 Å². The second-order valence-corrected chi connectivity index (χ2v) is 6.73. The Morgan fingerprint density at radius 1 is 1.19 bits per heavy atom. The van der Waals surface area contributed by atoms with Crippen LogP contribution in [0.4, 0.5) is 10.7 Å². The van der Waals surface area contributed by atoms with Crippen LogP contribution in [0.5, 0.6) is 0 Å². The lowest BCUT2D eigenvalue weighted by molar-refractivity contribution is 0.0122. The summed E-state index contributed by atoms with van der Waals surface area (Å²) in [6, 6.07) is 2.21. The summed E-state index contributed by atoms with van der Waals surface area (Å²) in [5, 5.41) is 0. The lowest BCUT2D eigenvalue weighted by atomic mass is 10.2. The van der Waals surface area contributed by atoms with Gasteiger partial charge in [-0.25, -0.2) is 14.8 Å². The van der Waals surface area contributed by atoms with Gasteiger partial charge in [-0.2, -0.15) is 0 Å². The van der Waals surface area contributed by atoms with Gasteiger partial charge in [0.15, 0.2) is 0 Å². The number of aromatic nitrogens is 2. The molecule has 2 fully saturated rings. The molecular weight excluding hydrogens is 268 g/mol. The molecule has 2 unspecified atom stereocenters. The first-order chi connectivity index (χ1) is 9.94. The van der Waals surface area contributed by atoms with E-state index in [4.69, 9.17) is 4.74 Å². The highest BCUT2D eigenvalue weighted by molar-refractivity contribution is 5.70. The van der Waals surface area contributed by atoms with Gasteiger partial charge in [0.05, 0.1) is 12.1 Å². The Bertz CT molecular complexity index is 500. The van der Waals surface area contributed by atoms with Gasteiger partial charge in [-0.15, -0.1) is 0 Å². The molecule has 2 atom stereocenters. The zero-order valence-corrected chi connectivity index (χ0v) is 12.8. The molecule has 2 aliphatic heterocycles. The Morgan fingerprint density at radius 3 is 2.29 bits per heavy atom. The summed E-state index contributed by atoms with van der Waals surface area (Å²) in [5.41, 5.74) is -0.448. The summed E-state index contributed by atoms with van der Waals surface area (Å²) >= 11 is 0. The number of carbonyl (C=O) groups is 1. The standard InChI is InChI=1S/C15H22N4O2/c1-15(2,3)21-14(20)19-11-5-6-12(19)10-18(9-11)13-16-7-4-8-17-13/h4,7-8,11-12H,5-6,9-10H2,1-3H3. The van der Waals surface area contributed by atoms with E-state index in [0.717, 1.165) is 31.9 Å². The van der Waals surface area contributed by atoms with Crippen molar-refractivity contribution < 1.29 is 9.53 Å². The highest BCUT2D eigenvalue weighted by Crippen LogP contribution is 2.32. The smallest absolute Gasteiger partial charge is 0.410 e. The first-order valence-corrected chi connectivity index (χ1v) is 7.47. The average Bonchev–Trinajstić information content (AvgIpc) is 2.69. The molecule has 1 aromatic heterocycles. The van der Waals surface area contributed by atoms with Gasteiger partial charge in [0, 0.05) is 25.5 Å². The number of nitrogens with zero attached hydrogens (tertiary/aromatic N) is 4. The number of piperazine rings is 1. The van der Waals surface area contributed by atoms with Crippen LogP contribution in [0, 0.1) is 0 Å². The van der Waals surface area contributed by atoms with Crippen molar-refractivity contribution in [1.82, 2.24) is 14.9 Å². The minimum absolute atomic E-state index is 0.191. The van der Waals surface area contributed by atoms with Crippen LogP contribution in [0.1, 0.15) is 33.6 Å². The van der Waals surface area contributed by atoms with Crippen molar-refractivity contribution in [2.75, 3.05) is 18.0 Å². The fourth-order valence-electron chi connectivity index (χ4n) is 3.13. The Balaban J connectivity index is 1.71. The fourth-order valence-corrected chi connectivity index (χ4v) is 3.13. The molecule has 2 aliphatic rings. The lowest BCUT2D eigenvalue weighted by Crippen LogP contribution is -2.57. The molecule has 0 saturated carbocycles. The zero-order chi connectivity index (χ0) is 15.0. The summed E-state index contributed by atoms with van der Waals surface area (Å²) in [7, 11) is 0. The van der Waals surface area contributed by atoms with Gasteiger partial charge in [0.2, 0.25) is 5.95 Å². The highest BCUT2D eigenvalue weighted by Gasteiger charge is 2.44. The number of amides is 1. The van der Waals surface area contributed by atoms with E-state index in [1.807, 2.05) is 31.7 Å². The molecule has 0 N–H and O–H groups in total. The van der Waals surface area contributed by atoms with Crippen LogP contribution in [0.2, 0.25) is 0 Å². The number of fused-ring (bicyclic) bond motifs is 2. The molecule has 2 saturated heterocycles. The number of carbonyl (C=O) groups excluding carboxylic acids is 1. The van der Waals surface area contributed by atoms with Crippen LogP contribution in [-0.2, 0) is 4.74 Å². The maximum Gasteiger partial charge on any atom is 0.410 e. The van der Waals surface area contributed by atoms with Gasteiger partial charge in [-0.3, -0.25) is 4.90 Å². The molecule has 2 bridgehead atoms. The summed E-state index contributed by atoms with van der Waals surface area (Å²) in [4.78, 5) is 25.1. The Labute approximate surface area is 125 Å². The monoisotopic (exact) mass is 290 g/mol. The molecule has 6 heteroatoms. The van der Waals surface area contributed by atoms with E-state index in [2.05, 4.69) is 14.9 Å². The van der Waals surface area contributed by atoms with E-state index in [-0.39, 0.29) is 18.2 Å². The summed E-state index contributed by atoms with van der Waals surface area (Å²) < 4.78 is 5.54. The molecule has 3 heterocycles. The van der Waals surface area contributed by atoms with E-state index in [0.29, 0.717) is 0 Å². The van der Waals surface area contributed by atoms with Crippen LogP contribution in [0.15, 0.2) is 18.5 Å². The van der Waals surface area contributed by atoms with Crippen molar-refractivity contribution in [3.63, 3.8) is 0 Å². The van der Waals surface area contributed by atoms with Gasteiger partial charge in [0.25, 0.3) is 0 Å². The van der Waals surface area contributed by atoms with Gasteiger partial charge in [0.1, 0.15) is 5.60 Å². The molecule has 21 heavy (non-hydrogen) atoms. The van der Waals surface area contributed by atoms with Crippen molar-refractivity contribution >= 4 is 12.0 Å². The fraction of sp³-hybridized carbons (Fsp3) is 0.667. The Morgan fingerprint density at radius 2 is 1.76 bits per heavy atom. The summed E-state index contributed by atoms with van der Waals surface area (Å²) in [6.45, 7) is 7.27. The maximum atomic E-state index is 12.4. The Hall–Kier alpha value is -1.85. The minimum Gasteiger partial charge on any atom is -0.444 e.